The summed E-state index contributed by atoms with van der Waals surface area (Å²) in [6.07, 6.45) is 0.329. The van der Waals surface area contributed by atoms with Gasteiger partial charge in [-0.1, -0.05) is 0 Å². The molecule has 3 aliphatic heterocycles. The van der Waals surface area contributed by atoms with Crippen LogP contribution in [-0.2, 0) is 0 Å². The zero-order chi connectivity index (χ0) is 17.7. The number of hydrogen-bond acceptors (Lipinski definition) is 7. The number of benzene rings is 2. The van der Waals surface area contributed by atoms with Crippen LogP contribution >= 0.6 is 0 Å². The van der Waals surface area contributed by atoms with E-state index in [1.807, 2.05) is 18.2 Å². The minimum atomic E-state index is -0.194. The van der Waals surface area contributed by atoms with E-state index in [1.54, 1.807) is 13.2 Å². The van der Waals surface area contributed by atoms with Gasteiger partial charge in [-0.05, 0) is 23.8 Å². The Hall–Kier alpha value is -3.09. The molecule has 5 rings (SSSR count). The van der Waals surface area contributed by atoms with E-state index in [0.717, 1.165) is 11.3 Å². The monoisotopic (exact) mass is 355 g/mol. The summed E-state index contributed by atoms with van der Waals surface area (Å²) in [5, 5.41) is 3.42. The topological polar surface area (TPSA) is 75.3 Å². The summed E-state index contributed by atoms with van der Waals surface area (Å²) in [5.74, 6) is 3.14. The van der Waals surface area contributed by atoms with Crippen LogP contribution in [0.1, 0.15) is 28.4 Å². The highest BCUT2D eigenvalue weighted by Gasteiger charge is 2.30. The van der Waals surface area contributed by atoms with Crippen LogP contribution in [0.25, 0.3) is 0 Å². The molecule has 0 aliphatic carbocycles. The van der Waals surface area contributed by atoms with Crippen molar-refractivity contribution in [2.45, 2.75) is 12.5 Å². The molecular formula is C19H17NO6. The van der Waals surface area contributed by atoms with E-state index >= 15 is 0 Å². The lowest BCUT2D eigenvalue weighted by atomic mass is 9.91. The van der Waals surface area contributed by atoms with Gasteiger partial charge in [0.05, 0.1) is 13.2 Å². The zero-order valence-electron chi connectivity index (χ0n) is 14.2. The zero-order valence-corrected chi connectivity index (χ0v) is 14.2. The van der Waals surface area contributed by atoms with E-state index in [9.17, 15) is 4.79 Å². The molecule has 2 aromatic rings. The number of Topliss-reactive ketones (excluding diaryl/α,β-unsaturated/α-hetero) is 1. The molecule has 1 N–H and O–H groups in total. The molecule has 1 atom stereocenters. The molecule has 0 radical (unpaired) electrons. The molecule has 0 spiro atoms. The molecule has 3 heterocycles. The van der Waals surface area contributed by atoms with Gasteiger partial charge < -0.3 is 29.0 Å². The van der Waals surface area contributed by atoms with E-state index in [0.29, 0.717) is 53.9 Å². The van der Waals surface area contributed by atoms with E-state index in [4.69, 9.17) is 23.7 Å². The standard InChI is InChI=1S/C19H17NO6/c1-22-17-4-10(5-18-19(17)24-3-2-23-18)12-7-14(21)11-6-15-16(26-9-25-15)8-13(11)20-12/h4-6,8,12,20H,2-3,7,9H2,1H3/t12-/m0/s1. The summed E-state index contributed by atoms with van der Waals surface area (Å²) in [4.78, 5) is 12.7. The number of hydrogen-bond donors (Lipinski definition) is 1. The van der Waals surface area contributed by atoms with Gasteiger partial charge in [-0.2, -0.15) is 0 Å². The van der Waals surface area contributed by atoms with E-state index in [2.05, 4.69) is 5.32 Å². The fourth-order valence-corrected chi connectivity index (χ4v) is 3.52. The minimum Gasteiger partial charge on any atom is -0.493 e. The van der Waals surface area contributed by atoms with Crippen LogP contribution in [0.2, 0.25) is 0 Å². The van der Waals surface area contributed by atoms with Gasteiger partial charge in [0, 0.05) is 23.7 Å². The van der Waals surface area contributed by atoms with Crippen LogP contribution in [0.15, 0.2) is 24.3 Å². The Morgan fingerprint density at radius 2 is 1.81 bits per heavy atom. The number of rotatable bonds is 2. The van der Waals surface area contributed by atoms with Crippen LogP contribution in [0.4, 0.5) is 5.69 Å². The molecule has 0 bridgehead atoms. The molecule has 0 aromatic heterocycles. The Kier molecular flexibility index (Phi) is 3.34. The molecule has 26 heavy (non-hydrogen) atoms. The van der Waals surface area contributed by atoms with Crippen molar-refractivity contribution in [3.63, 3.8) is 0 Å². The Bertz CT molecular complexity index is 892. The van der Waals surface area contributed by atoms with Crippen LogP contribution in [0, 0.1) is 0 Å². The first-order valence-electron chi connectivity index (χ1n) is 8.44. The largest absolute Gasteiger partial charge is 0.493 e. The SMILES string of the molecule is COc1cc([C@@H]2CC(=O)c3cc4c(cc3N2)OCO4)cc2c1OCCO2. The molecule has 134 valence electrons. The predicted octanol–water partition coefficient (Wildman–Crippen LogP) is 2.93. The van der Waals surface area contributed by atoms with Gasteiger partial charge in [0.15, 0.2) is 28.8 Å². The fraction of sp³-hybridized carbons (Fsp3) is 0.316. The van der Waals surface area contributed by atoms with Crippen LogP contribution in [0.3, 0.4) is 0 Å². The van der Waals surface area contributed by atoms with Crippen molar-refractivity contribution < 1.29 is 28.5 Å². The quantitative estimate of drug-likeness (QED) is 0.888. The van der Waals surface area contributed by atoms with E-state index in [-0.39, 0.29) is 18.6 Å². The summed E-state index contributed by atoms with van der Waals surface area (Å²) >= 11 is 0. The van der Waals surface area contributed by atoms with Crippen molar-refractivity contribution in [3.8, 4) is 28.7 Å². The number of anilines is 1. The highest BCUT2D eigenvalue weighted by atomic mass is 16.7. The fourth-order valence-electron chi connectivity index (χ4n) is 3.52. The average molecular weight is 355 g/mol. The lowest BCUT2D eigenvalue weighted by Crippen LogP contribution is -2.23. The third-order valence-electron chi connectivity index (χ3n) is 4.79. The molecule has 3 aliphatic rings. The molecular weight excluding hydrogens is 338 g/mol. The van der Waals surface area contributed by atoms with Gasteiger partial charge in [0.25, 0.3) is 0 Å². The second kappa shape index (κ2) is 5.72. The van der Waals surface area contributed by atoms with E-state index in [1.165, 1.54) is 0 Å². The summed E-state index contributed by atoms with van der Waals surface area (Å²) < 4.78 is 27.6. The Morgan fingerprint density at radius 3 is 2.65 bits per heavy atom. The maximum Gasteiger partial charge on any atom is 0.231 e. The number of carbonyl (C=O) groups is 1. The highest BCUT2D eigenvalue weighted by Crippen LogP contribution is 2.45. The molecule has 7 heteroatoms. The molecule has 0 unspecified atom stereocenters. The average Bonchev–Trinajstić information content (AvgIpc) is 3.13. The Labute approximate surface area is 149 Å². The van der Waals surface area contributed by atoms with Gasteiger partial charge in [-0.15, -0.1) is 0 Å². The van der Waals surface area contributed by atoms with Gasteiger partial charge in [0.1, 0.15) is 13.2 Å². The smallest absolute Gasteiger partial charge is 0.231 e. The van der Waals surface area contributed by atoms with Gasteiger partial charge >= 0.3 is 0 Å². The maximum absolute atomic E-state index is 12.7. The van der Waals surface area contributed by atoms with Gasteiger partial charge in [-0.3, -0.25) is 4.79 Å². The van der Waals surface area contributed by atoms with Gasteiger partial charge in [0.2, 0.25) is 12.5 Å². The molecule has 7 nitrogen and oxygen atoms in total. The van der Waals surface area contributed by atoms with Crippen LogP contribution in [0.5, 0.6) is 28.7 Å². The first kappa shape index (κ1) is 15.2. The summed E-state index contributed by atoms with van der Waals surface area (Å²) in [7, 11) is 1.59. The third-order valence-corrected chi connectivity index (χ3v) is 4.79. The van der Waals surface area contributed by atoms with Crippen LogP contribution in [-0.4, -0.2) is 32.9 Å². The number of fused-ring (bicyclic) bond motifs is 3. The lowest BCUT2D eigenvalue weighted by molar-refractivity contribution is 0.0971. The molecule has 0 fully saturated rings. The van der Waals surface area contributed by atoms with Crippen molar-refractivity contribution in [1.82, 2.24) is 0 Å². The van der Waals surface area contributed by atoms with Crippen molar-refractivity contribution in [1.29, 1.82) is 0 Å². The highest BCUT2D eigenvalue weighted by molar-refractivity contribution is 6.04. The van der Waals surface area contributed by atoms with Crippen molar-refractivity contribution in [2.24, 2.45) is 0 Å². The lowest BCUT2D eigenvalue weighted by Gasteiger charge is -2.28. The van der Waals surface area contributed by atoms with Gasteiger partial charge in [-0.25, -0.2) is 0 Å². The third kappa shape index (κ3) is 2.31. The van der Waals surface area contributed by atoms with E-state index < -0.39 is 0 Å². The number of ketones is 1. The minimum absolute atomic E-state index is 0.0518. The van der Waals surface area contributed by atoms with Crippen molar-refractivity contribution in [3.05, 3.63) is 35.4 Å². The van der Waals surface area contributed by atoms with Crippen molar-refractivity contribution >= 4 is 11.5 Å². The Morgan fingerprint density at radius 1 is 1.00 bits per heavy atom. The first-order valence-corrected chi connectivity index (χ1v) is 8.44. The second-order valence-electron chi connectivity index (χ2n) is 6.32. The molecule has 0 saturated carbocycles. The predicted molar refractivity (Wildman–Crippen MR) is 91.9 cm³/mol. The number of ether oxygens (including phenoxy) is 5. The first-order chi connectivity index (χ1) is 12.7. The molecule has 0 amide bonds. The number of methoxy groups -OCH3 is 1. The molecule has 2 aromatic carbocycles. The maximum atomic E-state index is 12.7. The number of carbonyl (C=O) groups excluding carboxylic acids is 1. The summed E-state index contributed by atoms with van der Waals surface area (Å²) in [6, 6.07) is 7.15. The van der Waals surface area contributed by atoms with Crippen LogP contribution < -0.4 is 29.0 Å². The second-order valence-corrected chi connectivity index (χ2v) is 6.32. The Balaban J connectivity index is 1.53. The number of nitrogens with one attached hydrogen (secondary N) is 1. The van der Waals surface area contributed by atoms with Crippen molar-refractivity contribution in [2.75, 3.05) is 32.4 Å². The molecule has 0 saturated heterocycles. The summed E-state index contributed by atoms with van der Waals surface area (Å²) in [6.45, 7) is 1.15. The summed E-state index contributed by atoms with van der Waals surface area (Å²) in [5.41, 5.74) is 2.27. The normalized spacial score (nSPS) is 19.6.